The lowest BCUT2D eigenvalue weighted by atomic mass is 10.1. The number of carbonyl (C=O) groups excluding carboxylic acids is 2. The first-order valence-electron chi connectivity index (χ1n) is 11.2. The predicted octanol–water partition coefficient (Wildman–Crippen LogP) is 4.90. The minimum Gasteiger partial charge on any atom is -0.350 e. The summed E-state index contributed by atoms with van der Waals surface area (Å²) in [5.74, 6) is -0.822. The van der Waals surface area contributed by atoms with Crippen LogP contribution in [0.2, 0.25) is 5.02 Å². The van der Waals surface area contributed by atoms with Gasteiger partial charge < -0.3 is 10.2 Å². The molecule has 7 nitrogen and oxygen atoms in total. The second-order valence-corrected chi connectivity index (χ2v) is 12.6. The molecule has 0 heterocycles. The van der Waals surface area contributed by atoms with Gasteiger partial charge in [0.15, 0.2) is 0 Å². The molecule has 0 spiro atoms. The summed E-state index contributed by atoms with van der Waals surface area (Å²) in [6.45, 7) is 8.84. The third-order valence-corrected chi connectivity index (χ3v) is 7.69. The Balaban J connectivity index is 2.49. The van der Waals surface area contributed by atoms with E-state index in [0.29, 0.717) is 22.7 Å². The Bertz CT molecular complexity index is 1180. The molecule has 10 heteroatoms. The van der Waals surface area contributed by atoms with Gasteiger partial charge in [-0.25, -0.2) is 8.42 Å². The van der Waals surface area contributed by atoms with Gasteiger partial charge in [-0.15, -0.1) is 0 Å². The Morgan fingerprint density at radius 3 is 2.29 bits per heavy atom. The molecule has 2 aromatic rings. The van der Waals surface area contributed by atoms with Crippen LogP contribution in [0.5, 0.6) is 0 Å². The number of rotatable bonds is 9. The van der Waals surface area contributed by atoms with Gasteiger partial charge in [0.05, 0.1) is 11.9 Å². The zero-order chi connectivity index (χ0) is 26.6. The molecular weight excluding hydrogens is 554 g/mol. The Labute approximate surface area is 222 Å². The number of nitrogens with one attached hydrogen (secondary N) is 1. The number of nitrogens with zero attached hydrogens (tertiary/aromatic N) is 2. The van der Waals surface area contributed by atoms with Gasteiger partial charge in [-0.2, -0.15) is 0 Å². The van der Waals surface area contributed by atoms with Crippen LogP contribution in [-0.4, -0.2) is 49.5 Å². The molecule has 2 rings (SSSR count). The van der Waals surface area contributed by atoms with E-state index < -0.39 is 34.1 Å². The lowest BCUT2D eigenvalue weighted by Crippen LogP contribution is -2.55. The standard InChI is InChI=1S/C25H33BrClN3O4S/c1-7-22(24(32)28-25(3,4)5)29(15-18-10-8-9-11-21(18)27)23(31)16-30(35(6,33)34)19-12-13-20(26)17(2)14-19/h8-14,22H,7,15-16H2,1-6H3,(H,28,32)/t22-/m0/s1. The van der Waals surface area contributed by atoms with Crippen molar-refractivity contribution in [2.24, 2.45) is 0 Å². The molecular formula is C25H33BrClN3O4S. The Morgan fingerprint density at radius 1 is 1.14 bits per heavy atom. The molecule has 1 atom stereocenters. The molecule has 0 fully saturated rings. The van der Waals surface area contributed by atoms with Gasteiger partial charge >= 0.3 is 0 Å². The highest BCUT2D eigenvalue weighted by Gasteiger charge is 2.33. The molecule has 1 N–H and O–H groups in total. The smallest absolute Gasteiger partial charge is 0.244 e. The molecule has 35 heavy (non-hydrogen) atoms. The maximum absolute atomic E-state index is 13.7. The minimum absolute atomic E-state index is 0.0611. The van der Waals surface area contributed by atoms with Crippen LogP contribution in [0.15, 0.2) is 46.9 Å². The van der Waals surface area contributed by atoms with E-state index in [-0.39, 0.29) is 12.5 Å². The number of hydrogen-bond donors (Lipinski definition) is 1. The second-order valence-electron chi connectivity index (χ2n) is 9.48. The monoisotopic (exact) mass is 585 g/mol. The highest BCUT2D eigenvalue weighted by atomic mass is 79.9. The molecule has 0 aromatic heterocycles. The highest BCUT2D eigenvalue weighted by Crippen LogP contribution is 2.26. The third-order valence-electron chi connectivity index (χ3n) is 5.29. The molecule has 192 valence electrons. The third kappa shape index (κ3) is 8.22. The fourth-order valence-electron chi connectivity index (χ4n) is 3.58. The fraction of sp³-hybridized carbons (Fsp3) is 0.440. The van der Waals surface area contributed by atoms with Crippen molar-refractivity contribution in [2.75, 3.05) is 17.1 Å². The molecule has 2 aromatic carbocycles. The number of amides is 2. The van der Waals surface area contributed by atoms with Crippen molar-refractivity contribution in [3.8, 4) is 0 Å². The summed E-state index contributed by atoms with van der Waals surface area (Å²) < 4.78 is 27.3. The average Bonchev–Trinajstić information content (AvgIpc) is 2.73. The van der Waals surface area contributed by atoms with Gasteiger partial charge in [-0.05, 0) is 69.5 Å². The number of anilines is 1. The van der Waals surface area contributed by atoms with Gasteiger partial charge in [-0.1, -0.05) is 52.7 Å². The summed E-state index contributed by atoms with van der Waals surface area (Å²) in [6.07, 6.45) is 1.40. The van der Waals surface area contributed by atoms with Crippen molar-refractivity contribution >= 4 is 55.1 Å². The van der Waals surface area contributed by atoms with Crippen molar-refractivity contribution in [3.05, 3.63) is 63.1 Å². The molecule has 0 aliphatic carbocycles. The van der Waals surface area contributed by atoms with Gasteiger partial charge in [0.25, 0.3) is 0 Å². The highest BCUT2D eigenvalue weighted by molar-refractivity contribution is 9.10. The summed E-state index contributed by atoms with van der Waals surface area (Å²) >= 11 is 9.78. The lowest BCUT2D eigenvalue weighted by molar-refractivity contribution is -0.141. The van der Waals surface area contributed by atoms with Crippen LogP contribution < -0.4 is 9.62 Å². The van der Waals surface area contributed by atoms with Crippen LogP contribution in [0.4, 0.5) is 5.69 Å². The molecule has 0 unspecified atom stereocenters. The van der Waals surface area contributed by atoms with Crippen molar-refractivity contribution < 1.29 is 18.0 Å². The van der Waals surface area contributed by atoms with Crippen LogP contribution >= 0.6 is 27.5 Å². The van der Waals surface area contributed by atoms with E-state index in [9.17, 15) is 18.0 Å². The first-order chi connectivity index (χ1) is 16.1. The first-order valence-corrected chi connectivity index (χ1v) is 14.2. The maximum Gasteiger partial charge on any atom is 0.244 e. The molecule has 2 amide bonds. The zero-order valence-electron chi connectivity index (χ0n) is 20.9. The van der Waals surface area contributed by atoms with E-state index >= 15 is 0 Å². The number of hydrogen-bond acceptors (Lipinski definition) is 4. The van der Waals surface area contributed by atoms with E-state index in [2.05, 4.69) is 21.2 Å². The SMILES string of the molecule is CC[C@@H](C(=O)NC(C)(C)C)N(Cc1ccccc1Cl)C(=O)CN(c1ccc(Br)c(C)c1)S(C)(=O)=O. The summed E-state index contributed by atoms with van der Waals surface area (Å²) in [5.41, 5.74) is 1.35. The van der Waals surface area contributed by atoms with E-state index in [1.807, 2.05) is 34.6 Å². The van der Waals surface area contributed by atoms with Gasteiger partial charge in [-0.3, -0.25) is 13.9 Å². The minimum atomic E-state index is -3.79. The van der Waals surface area contributed by atoms with E-state index in [0.717, 1.165) is 20.6 Å². The number of benzene rings is 2. The van der Waals surface area contributed by atoms with Crippen LogP contribution in [-0.2, 0) is 26.2 Å². The van der Waals surface area contributed by atoms with Crippen LogP contribution in [0.3, 0.4) is 0 Å². The number of halogens is 2. The second kappa shape index (κ2) is 11.8. The molecule has 0 saturated carbocycles. The Morgan fingerprint density at radius 2 is 1.77 bits per heavy atom. The predicted molar refractivity (Wildman–Crippen MR) is 145 cm³/mol. The maximum atomic E-state index is 13.7. The number of aryl methyl sites for hydroxylation is 1. The van der Waals surface area contributed by atoms with Gasteiger partial charge in [0.1, 0.15) is 12.6 Å². The van der Waals surface area contributed by atoms with E-state index in [1.165, 1.54) is 4.90 Å². The summed E-state index contributed by atoms with van der Waals surface area (Å²) in [7, 11) is -3.79. The largest absolute Gasteiger partial charge is 0.350 e. The Kier molecular flexibility index (Phi) is 9.79. The summed E-state index contributed by atoms with van der Waals surface area (Å²) in [6, 6.07) is 11.3. The number of sulfonamides is 1. The van der Waals surface area contributed by atoms with Gasteiger partial charge in [0, 0.05) is 21.6 Å². The van der Waals surface area contributed by atoms with Gasteiger partial charge in [0.2, 0.25) is 21.8 Å². The normalized spacial score (nSPS) is 12.7. The Hall–Kier alpha value is -2.10. The molecule has 0 aliphatic rings. The quantitative estimate of drug-likeness (QED) is 0.453. The lowest BCUT2D eigenvalue weighted by Gasteiger charge is -2.34. The van der Waals surface area contributed by atoms with E-state index in [4.69, 9.17) is 11.6 Å². The van der Waals surface area contributed by atoms with Crippen LogP contribution in [0.25, 0.3) is 0 Å². The van der Waals surface area contributed by atoms with Crippen LogP contribution in [0, 0.1) is 6.92 Å². The van der Waals surface area contributed by atoms with Crippen LogP contribution in [0.1, 0.15) is 45.2 Å². The molecule has 0 aliphatic heterocycles. The van der Waals surface area contributed by atoms with Crippen molar-refractivity contribution in [3.63, 3.8) is 0 Å². The van der Waals surface area contributed by atoms with Crippen molar-refractivity contribution in [1.29, 1.82) is 0 Å². The topological polar surface area (TPSA) is 86.8 Å². The summed E-state index contributed by atoms with van der Waals surface area (Å²) in [4.78, 5) is 28.3. The average molecular weight is 587 g/mol. The summed E-state index contributed by atoms with van der Waals surface area (Å²) in [5, 5.41) is 3.39. The molecule has 0 saturated heterocycles. The molecule has 0 bridgehead atoms. The fourth-order valence-corrected chi connectivity index (χ4v) is 4.86. The van der Waals surface area contributed by atoms with E-state index in [1.54, 1.807) is 42.5 Å². The first kappa shape index (κ1) is 29.1. The van der Waals surface area contributed by atoms with Crippen molar-refractivity contribution in [1.82, 2.24) is 10.2 Å². The van der Waals surface area contributed by atoms with Crippen molar-refractivity contribution in [2.45, 2.75) is 59.2 Å². The molecule has 0 radical (unpaired) electrons. The number of carbonyl (C=O) groups is 2. The zero-order valence-corrected chi connectivity index (χ0v) is 24.1.